The number of anilines is 1. The minimum absolute atomic E-state index is 0.196. The number of benzene rings is 2. The number of aryl methyl sites for hydroxylation is 1. The quantitative estimate of drug-likeness (QED) is 0.440. The lowest BCUT2D eigenvalue weighted by atomic mass is 10.1. The van der Waals surface area contributed by atoms with Crippen molar-refractivity contribution >= 4 is 45.9 Å². The second-order valence-corrected chi connectivity index (χ2v) is 7.24. The molecule has 0 bridgehead atoms. The standard InChI is InChI=1S/C19H14ClF2NO4S/c1-10-6-18(25)27-15-8-16(14(20)7-13(10)15)26-9-17(24)23-11-2-4-12(5-3-11)28-19(21)22/h2-8,19H,9H2,1H3,(H,23,24). The van der Waals surface area contributed by atoms with Gasteiger partial charge in [0.2, 0.25) is 0 Å². The van der Waals surface area contributed by atoms with E-state index >= 15 is 0 Å². The fourth-order valence-electron chi connectivity index (χ4n) is 2.49. The topological polar surface area (TPSA) is 68.5 Å². The summed E-state index contributed by atoms with van der Waals surface area (Å²) in [6.45, 7) is 1.42. The fraction of sp³-hybridized carbons (Fsp3) is 0.158. The molecule has 0 radical (unpaired) electrons. The van der Waals surface area contributed by atoms with E-state index in [-0.39, 0.29) is 17.4 Å². The Kier molecular flexibility index (Phi) is 6.21. The molecular formula is C19H14ClF2NO4S. The van der Waals surface area contributed by atoms with Crippen LogP contribution in [0, 0.1) is 6.92 Å². The highest BCUT2D eigenvalue weighted by Gasteiger charge is 2.11. The minimum atomic E-state index is -2.51. The molecule has 0 saturated heterocycles. The van der Waals surface area contributed by atoms with Crippen LogP contribution < -0.4 is 15.7 Å². The second kappa shape index (κ2) is 8.62. The molecule has 0 aliphatic carbocycles. The molecule has 0 aliphatic heterocycles. The summed E-state index contributed by atoms with van der Waals surface area (Å²) in [7, 11) is 0. The number of rotatable bonds is 6. The molecule has 9 heteroatoms. The summed E-state index contributed by atoms with van der Waals surface area (Å²) in [4.78, 5) is 24.0. The average molecular weight is 426 g/mol. The Hall–Kier alpha value is -2.58. The van der Waals surface area contributed by atoms with Gasteiger partial charge in [-0.25, -0.2) is 4.79 Å². The third-order valence-electron chi connectivity index (χ3n) is 3.73. The van der Waals surface area contributed by atoms with Crippen LogP contribution in [0.25, 0.3) is 11.0 Å². The maximum Gasteiger partial charge on any atom is 0.336 e. The number of carbonyl (C=O) groups excluding carboxylic acids is 1. The van der Waals surface area contributed by atoms with Gasteiger partial charge in [-0.1, -0.05) is 23.4 Å². The zero-order valence-corrected chi connectivity index (χ0v) is 16.1. The van der Waals surface area contributed by atoms with Crippen LogP contribution in [0.15, 0.2) is 56.6 Å². The number of carbonyl (C=O) groups is 1. The zero-order valence-electron chi connectivity index (χ0n) is 14.5. The zero-order chi connectivity index (χ0) is 20.3. The summed E-state index contributed by atoms with van der Waals surface area (Å²) < 4.78 is 35.2. The van der Waals surface area contributed by atoms with E-state index in [1.54, 1.807) is 13.0 Å². The number of halogens is 3. The van der Waals surface area contributed by atoms with Crippen LogP contribution in [-0.2, 0) is 4.79 Å². The highest BCUT2D eigenvalue weighted by Crippen LogP contribution is 2.31. The van der Waals surface area contributed by atoms with Crippen LogP contribution in [0.1, 0.15) is 5.56 Å². The van der Waals surface area contributed by atoms with Crippen LogP contribution in [0.4, 0.5) is 14.5 Å². The number of ether oxygens (including phenoxy) is 1. The van der Waals surface area contributed by atoms with Crippen molar-refractivity contribution in [3.05, 3.63) is 63.5 Å². The first-order valence-electron chi connectivity index (χ1n) is 8.03. The summed E-state index contributed by atoms with van der Waals surface area (Å²) >= 11 is 6.60. The molecule has 1 N–H and O–H groups in total. The fourth-order valence-corrected chi connectivity index (χ4v) is 3.21. The van der Waals surface area contributed by atoms with Crippen molar-refractivity contribution in [3.8, 4) is 5.75 Å². The largest absolute Gasteiger partial charge is 0.482 e. The van der Waals surface area contributed by atoms with Crippen LogP contribution >= 0.6 is 23.4 Å². The first-order valence-corrected chi connectivity index (χ1v) is 9.29. The molecule has 0 unspecified atom stereocenters. The smallest absolute Gasteiger partial charge is 0.336 e. The molecule has 1 amide bonds. The first-order chi connectivity index (χ1) is 13.3. The maximum atomic E-state index is 12.3. The van der Waals surface area contributed by atoms with Gasteiger partial charge in [0.1, 0.15) is 11.3 Å². The molecule has 0 atom stereocenters. The van der Waals surface area contributed by atoms with Crippen LogP contribution in [0.5, 0.6) is 5.75 Å². The van der Waals surface area contributed by atoms with Crippen molar-refractivity contribution < 1.29 is 22.7 Å². The molecule has 0 aliphatic rings. The summed E-state index contributed by atoms with van der Waals surface area (Å²) in [6.07, 6.45) is 0. The van der Waals surface area contributed by atoms with Crippen LogP contribution in [0.2, 0.25) is 5.02 Å². The SMILES string of the molecule is Cc1cc(=O)oc2cc(OCC(=O)Nc3ccc(SC(F)F)cc3)c(Cl)cc12. The molecule has 3 rings (SSSR count). The van der Waals surface area contributed by atoms with E-state index in [1.165, 1.54) is 36.4 Å². The lowest BCUT2D eigenvalue weighted by Gasteiger charge is -2.10. The molecule has 2 aromatic carbocycles. The Labute approximate surface area is 167 Å². The predicted octanol–water partition coefficient (Wildman–Crippen LogP) is 5.09. The van der Waals surface area contributed by atoms with Crippen molar-refractivity contribution in [2.45, 2.75) is 17.6 Å². The van der Waals surface area contributed by atoms with E-state index in [0.29, 0.717) is 38.9 Å². The van der Waals surface area contributed by atoms with E-state index in [4.69, 9.17) is 20.8 Å². The first kappa shape index (κ1) is 20.2. The Bertz CT molecular complexity index is 1070. The van der Waals surface area contributed by atoms with E-state index in [2.05, 4.69) is 5.32 Å². The van der Waals surface area contributed by atoms with Gasteiger partial charge in [0.05, 0.1) is 5.02 Å². The van der Waals surface area contributed by atoms with E-state index in [1.807, 2.05) is 0 Å². The van der Waals surface area contributed by atoms with Crippen molar-refractivity contribution in [1.82, 2.24) is 0 Å². The second-order valence-electron chi connectivity index (χ2n) is 5.77. The van der Waals surface area contributed by atoms with Gasteiger partial charge >= 0.3 is 5.63 Å². The lowest BCUT2D eigenvalue weighted by Crippen LogP contribution is -2.20. The Morgan fingerprint density at radius 2 is 1.96 bits per heavy atom. The lowest BCUT2D eigenvalue weighted by molar-refractivity contribution is -0.118. The molecule has 5 nitrogen and oxygen atoms in total. The molecule has 1 heterocycles. The molecule has 3 aromatic rings. The molecule has 28 heavy (non-hydrogen) atoms. The minimum Gasteiger partial charge on any atom is -0.482 e. The van der Waals surface area contributed by atoms with Crippen molar-refractivity contribution in [1.29, 1.82) is 0 Å². The summed E-state index contributed by atoms with van der Waals surface area (Å²) in [5.74, 6) is -2.77. The number of amides is 1. The van der Waals surface area contributed by atoms with E-state index in [0.717, 1.165) is 0 Å². The monoisotopic (exact) mass is 425 g/mol. The van der Waals surface area contributed by atoms with Crippen LogP contribution in [-0.4, -0.2) is 18.3 Å². The van der Waals surface area contributed by atoms with Gasteiger partial charge in [-0.15, -0.1) is 0 Å². The number of hydrogen-bond donors (Lipinski definition) is 1. The molecule has 146 valence electrons. The van der Waals surface area contributed by atoms with Gasteiger partial charge in [0.15, 0.2) is 6.61 Å². The number of thioether (sulfide) groups is 1. The predicted molar refractivity (Wildman–Crippen MR) is 105 cm³/mol. The van der Waals surface area contributed by atoms with Gasteiger partial charge in [0.25, 0.3) is 11.7 Å². The van der Waals surface area contributed by atoms with Gasteiger partial charge in [-0.05, 0) is 42.8 Å². The molecule has 0 saturated carbocycles. The Morgan fingerprint density at radius 1 is 1.25 bits per heavy atom. The van der Waals surface area contributed by atoms with Crippen molar-refractivity contribution in [2.75, 3.05) is 11.9 Å². The third-order valence-corrected chi connectivity index (χ3v) is 4.74. The summed E-state index contributed by atoms with van der Waals surface area (Å²) in [5.41, 5.74) is 0.964. The number of hydrogen-bond acceptors (Lipinski definition) is 5. The maximum absolute atomic E-state index is 12.3. The number of alkyl halides is 2. The Balaban J connectivity index is 1.65. The van der Waals surface area contributed by atoms with Gasteiger partial charge < -0.3 is 14.5 Å². The summed E-state index contributed by atoms with van der Waals surface area (Å²) in [6, 6.07) is 10.4. The van der Waals surface area contributed by atoms with Gasteiger partial charge in [-0.2, -0.15) is 8.78 Å². The van der Waals surface area contributed by atoms with E-state index < -0.39 is 17.3 Å². The summed E-state index contributed by atoms with van der Waals surface area (Å²) in [5, 5.41) is 3.53. The van der Waals surface area contributed by atoms with Gasteiger partial charge in [-0.3, -0.25) is 4.79 Å². The van der Waals surface area contributed by atoms with Crippen LogP contribution in [0.3, 0.4) is 0 Å². The van der Waals surface area contributed by atoms with Crippen molar-refractivity contribution in [3.63, 3.8) is 0 Å². The molecule has 0 fully saturated rings. The van der Waals surface area contributed by atoms with Gasteiger partial charge in [0, 0.05) is 28.1 Å². The average Bonchev–Trinajstić information content (AvgIpc) is 2.62. The highest BCUT2D eigenvalue weighted by atomic mass is 35.5. The molecular weight excluding hydrogens is 412 g/mol. The molecule has 0 spiro atoms. The number of fused-ring (bicyclic) bond motifs is 1. The third kappa shape index (κ3) is 5.02. The van der Waals surface area contributed by atoms with E-state index in [9.17, 15) is 18.4 Å². The van der Waals surface area contributed by atoms with Crippen molar-refractivity contribution in [2.24, 2.45) is 0 Å². The Morgan fingerprint density at radius 3 is 2.64 bits per heavy atom. The molecule has 1 aromatic heterocycles. The number of nitrogens with one attached hydrogen (secondary N) is 1. The highest BCUT2D eigenvalue weighted by molar-refractivity contribution is 7.99. The normalized spacial score (nSPS) is 11.0.